The van der Waals surface area contributed by atoms with Crippen molar-refractivity contribution >= 4 is 17.6 Å². The number of imide groups is 1. The SMILES string of the molecule is CCCCCCCC(=O)N1C=C(CO)C(=O)CC1=O. The topological polar surface area (TPSA) is 74.7 Å². The van der Waals surface area contributed by atoms with Crippen LogP contribution in [0, 0.1) is 0 Å². The van der Waals surface area contributed by atoms with Gasteiger partial charge in [0.05, 0.1) is 13.0 Å². The Labute approximate surface area is 113 Å². The molecule has 0 atom stereocenters. The fourth-order valence-corrected chi connectivity index (χ4v) is 1.98. The van der Waals surface area contributed by atoms with Gasteiger partial charge in [0.25, 0.3) is 0 Å². The second-order valence-electron chi connectivity index (χ2n) is 4.73. The standard InChI is InChI=1S/C14H21NO4/c1-2-3-4-5-6-7-13(18)15-9-11(10-16)12(17)8-14(15)19/h9,16H,2-8,10H2,1H3. The third kappa shape index (κ3) is 4.59. The van der Waals surface area contributed by atoms with Crippen molar-refractivity contribution in [2.24, 2.45) is 0 Å². The largest absolute Gasteiger partial charge is 0.391 e. The predicted octanol–water partition coefficient (Wildman–Crippen LogP) is 1.55. The maximum Gasteiger partial charge on any atom is 0.241 e. The van der Waals surface area contributed by atoms with Gasteiger partial charge in [-0.2, -0.15) is 0 Å². The Kier molecular flexibility index (Phi) is 6.42. The maximum absolute atomic E-state index is 11.9. The van der Waals surface area contributed by atoms with E-state index in [9.17, 15) is 14.4 Å². The van der Waals surface area contributed by atoms with Crippen LogP contribution in [0.5, 0.6) is 0 Å². The fourth-order valence-electron chi connectivity index (χ4n) is 1.98. The average molecular weight is 267 g/mol. The highest BCUT2D eigenvalue weighted by Crippen LogP contribution is 2.15. The molecule has 0 saturated carbocycles. The van der Waals surface area contributed by atoms with Crippen LogP contribution in [0.1, 0.15) is 51.9 Å². The molecule has 1 rings (SSSR count). The number of amides is 2. The molecular formula is C14H21NO4. The Bertz CT molecular complexity index is 387. The molecule has 0 fully saturated rings. The molecule has 5 heteroatoms. The summed E-state index contributed by atoms with van der Waals surface area (Å²) < 4.78 is 0. The minimum absolute atomic E-state index is 0.124. The lowest BCUT2D eigenvalue weighted by Gasteiger charge is -2.21. The lowest BCUT2D eigenvalue weighted by atomic mass is 10.0. The fraction of sp³-hybridized carbons (Fsp3) is 0.643. The van der Waals surface area contributed by atoms with E-state index in [4.69, 9.17) is 5.11 Å². The van der Waals surface area contributed by atoms with E-state index in [0.717, 1.165) is 37.0 Å². The Morgan fingerprint density at radius 3 is 2.58 bits per heavy atom. The number of Topliss-reactive ketones (excluding diaryl/α,β-unsaturated/α-hetero) is 1. The second kappa shape index (κ2) is 7.84. The summed E-state index contributed by atoms with van der Waals surface area (Å²) in [5, 5.41) is 8.98. The van der Waals surface area contributed by atoms with Crippen molar-refractivity contribution in [3.8, 4) is 0 Å². The van der Waals surface area contributed by atoms with E-state index in [-0.39, 0.29) is 17.9 Å². The van der Waals surface area contributed by atoms with Gasteiger partial charge < -0.3 is 5.11 Å². The molecule has 1 heterocycles. The summed E-state index contributed by atoms with van der Waals surface area (Å²) >= 11 is 0. The molecule has 0 aromatic heterocycles. The molecule has 0 saturated heterocycles. The minimum atomic E-state index is -0.499. The zero-order valence-corrected chi connectivity index (χ0v) is 11.4. The second-order valence-corrected chi connectivity index (χ2v) is 4.73. The van der Waals surface area contributed by atoms with Gasteiger partial charge in [-0.05, 0) is 6.42 Å². The molecule has 106 valence electrons. The van der Waals surface area contributed by atoms with Crippen molar-refractivity contribution in [1.82, 2.24) is 4.90 Å². The highest BCUT2D eigenvalue weighted by Gasteiger charge is 2.28. The van der Waals surface area contributed by atoms with Crippen molar-refractivity contribution in [3.63, 3.8) is 0 Å². The van der Waals surface area contributed by atoms with E-state index in [1.54, 1.807) is 0 Å². The molecule has 0 aliphatic carbocycles. The Balaban J connectivity index is 2.49. The molecule has 0 spiro atoms. The molecule has 2 amide bonds. The Morgan fingerprint density at radius 2 is 1.95 bits per heavy atom. The number of carbonyl (C=O) groups is 3. The third-order valence-electron chi connectivity index (χ3n) is 3.16. The summed E-state index contributed by atoms with van der Waals surface area (Å²) in [6, 6.07) is 0. The van der Waals surface area contributed by atoms with Crippen molar-refractivity contribution in [1.29, 1.82) is 0 Å². The van der Waals surface area contributed by atoms with Gasteiger partial charge in [0.2, 0.25) is 11.8 Å². The molecule has 1 aliphatic rings. The number of aliphatic hydroxyl groups excluding tert-OH is 1. The molecule has 0 radical (unpaired) electrons. The van der Waals surface area contributed by atoms with Crippen LogP contribution in [0.3, 0.4) is 0 Å². The van der Waals surface area contributed by atoms with E-state index in [2.05, 4.69) is 6.92 Å². The van der Waals surface area contributed by atoms with Gasteiger partial charge in [-0.25, -0.2) is 0 Å². The highest BCUT2D eigenvalue weighted by molar-refractivity contribution is 6.14. The van der Waals surface area contributed by atoms with E-state index in [1.807, 2.05) is 0 Å². The highest BCUT2D eigenvalue weighted by atomic mass is 16.3. The molecular weight excluding hydrogens is 246 g/mol. The molecule has 0 aromatic carbocycles. The maximum atomic E-state index is 11.9. The van der Waals surface area contributed by atoms with E-state index in [0.29, 0.717) is 6.42 Å². The first-order valence-electron chi connectivity index (χ1n) is 6.79. The first kappa shape index (κ1) is 15.6. The molecule has 0 unspecified atom stereocenters. The van der Waals surface area contributed by atoms with Crippen LogP contribution in [0.4, 0.5) is 0 Å². The van der Waals surface area contributed by atoms with Crippen molar-refractivity contribution in [2.75, 3.05) is 6.61 Å². The van der Waals surface area contributed by atoms with Crippen LogP contribution in [0.15, 0.2) is 11.8 Å². The predicted molar refractivity (Wildman–Crippen MR) is 70.0 cm³/mol. The first-order valence-corrected chi connectivity index (χ1v) is 6.79. The monoisotopic (exact) mass is 267 g/mol. The number of hydrogen-bond donors (Lipinski definition) is 1. The summed E-state index contributed by atoms with van der Waals surface area (Å²) in [5.74, 6) is -1.19. The number of unbranched alkanes of at least 4 members (excludes halogenated alkanes) is 4. The van der Waals surface area contributed by atoms with Gasteiger partial charge in [0.15, 0.2) is 5.78 Å². The summed E-state index contributed by atoms with van der Waals surface area (Å²) in [4.78, 5) is 35.8. The van der Waals surface area contributed by atoms with E-state index >= 15 is 0 Å². The molecule has 5 nitrogen and oxygen atoms in total. The smallest absolute Gasteiger partial charge is 0.241 e. The summed E-state index contributed by atoms with van der Waals surface area (Å²) in [5.41, 5.74) is 0.124. The van der Waals surface area contributed by atoms with Crippen LogP contribution in [0.2, 0.25) is 0 Å². The van der Waals surface area contributed by atoms with E-state index in [1.165, 1.54) is 6.20 Å². The zero-order chi connectivity index (χ0) is 14.3. The van der Waals surface area contributed by atoms with Crippen LogP contribution >= 0.6 is 0 Å². The molecule has 19 heavy (non-hydrogen) atoms. The van der Waals surface area contributed by atoms with Crippen molar-refractivity contribution in [2.45, 2.75) is 51.9 Å². The molecule has 0 bridgehead atoms. The quantitative estimate of drug-likeness (QED) is 0.561. The Hall–Kier alpha value is -1.49. The van der Waals surface area contributed by atoms with Gasteiger partial charge in [0, 0.05) is 18.2 Å². The van der Waals surface area contributed by atoms with Crippen molar-refractivity contribution in [3.05, 3.63) is 11.8 Å². The third-order valence-corrected chi connectivity index (χ3v) is 3.16. The lowest BCUT2D eigenvalue weighted by Crippen LogP contribution is -2.38. The van der Waals surface area contributed by atoms with E-state index < -0.39 is 18.3 Å². The average Bonchev–Trinajstić information content (AvgIpc) is 2.38. The van der Waals surface area contributed by atoms with Crippen LogP contribution in [-0.4, -0.2) is 34.2 Å². The number of hydrogen-bond acceptors (Lipinski definition) is 4. The van der Waals surface area contributed by atoms with Gasteiger partial charge in [-0.1, -0.05) is 32.6 Å². The summed E-state index contributed by atoms with van der Waals surface area (Å²) in [6.07, 6.45) is 6.27. The number of carbonyl (C=O) groups excluding carboxylic acids is 3. The van der Waals surface area contributed by atoms with Gasteiger partial charge >= 0.3 is 0 Å². The van der Waals surface area contributed by atoms with Crippen molar-refractivity contribution < 1.29 is 19.5 Å². The van der Waals surface area contributed by atoms with Crippen LogP contribution in [-0.2, 0) is 14.4 Å². The Morgan fingerprint density at radius 1 is 1.26 bits per heavy atom. The molecule has 0 aromatic rings. The number of ketones is 1. The molecule has 1 aliphatic heterocycles. The van der Waals surface area contributed by atoms with Crippen LogP contribution < -0.4 is 0 Å². The minimum Gasteiger partial charge on any atom is -0.391 e. The van der Waals surface area contributed by atoms with Gasteiger partial charge in [0.1, 0.15) is 0 Å². The first-order chi connectivity index (χ1) is 9.10. The lowest BCUT2D eigenvalue weighted by molar-refractivity contribution is -0.143. The normalized spacial score (nSPS) is 15.7. The number of nitrogens with zero attached hydrogens (tertiary/aromatic N) is 1. The van der Waals surface area contributed by atoms with Gasteiger partial charge in [-0.3, -0.25) is 19.3 Å². The number of rotatable bonds is 7. The zero-order valence-electron chi connectivity index (χ0n) is 11.4. The van der Waals surface area contributed by atoms with Gasteiger partial charge in [-0.15, -0.1) is 0 Å². The number of aliphatic hydroxyl groups is 1. The summed E-state index contributed by atoms with van der Waals surface area (Å²) in [6.45, 7) is 1.68. The summed E-state index contributed by atoms with van der Waals surface area (Å²) in [7, 11) is 0. The molecule has 1 N–H and O–H groups in total. The van der Waals surface area contributed by atoms with Crippen LogP contribution in [0.25, 0.3) is 0 Å².